The van der Waals surface area contributed by atoms with Crippen molar-refractivity contribution in [2.75, 3.05) is 13.2 Å². The van der Waals surface area contributed by atoms with E-state index in [-0.39, 0.29) is 12.1 Å². The van der Waals surface area contributed by atoms with E-state index in [0.717, 1.165) is 24.0 Å². The minimum atomic E-state index is -0.513. The van der Waals surface area contributed by atoms with Gasteiger partial charge in [-0.25, -0.2) is 9.78 Å². The van der Waals surface area contributed by atoms with Gasteiger partial charge in [-0.1, -0.05) is 23.8 Å². The Morgan fingerprint density at radius 3 is 2.79 bits per heavy atom. The molecule has 1 fully saturated rings. The fourth-order valence-corrected chi connectivity index (χ4v) is 3.23. The van der Waals surface area contributed by atoms with Crippen molar-refractivity contribution in [2.45, 2.75) is 45.3 Å². The smallest absolute Gasteiger partial charge is 0.410 e. The van der Waals surface area contributed by atoms with Gasteiger partial charge in [0.05, 0.1) is 12.2 Å². The van der Waals surface area contributed by atoms with Gasteiger partial charge in [0.2, 0.25) is 0 Å². The SMILES string of the molecule is CC(C)(C)OC(=O)N1CCC[C@@H]1COc1cnc(Cl)c(C=Cc2ccncc2)c1. The maximum atomic E-state index is 12.4. The molecule has 0 unspecified atom stereocenters. The molecule has 0 saturated carbocycles. The van der Waals surface area contributed by atoms with Crippen LogP contribution in [0.2, 0.25) is 5.15 Å². The first-order chi connectivity index (χ1) is 13.8. The number of amides is 1. The van der Waals surface area contributed by atoms with E-state index in [2.05, 4.69) is 9.97 Å². The third kappa shape index (κ3) is 6.19. The van der Waals surface area contributed by atoms with Gasteiger partial charge in [0.1, 0.15) is 23.1 Å². The number of hydrogen-bond donors (Lipinski definition) is 0. The molecule has 7 heteroatoms. The predicted molar refractivity (Wildman–Crippen MR) is 114 cm³/mol. The van der Waals surface area contributed by atoms with Gasteiger partial charge in [0.15, 0.2) is 0 Å². The molecular weight excluding hydrogens is 390 g/mol. The van der Waals surface area contributed by atoms with Crippen LogP contribution in [0.15, 0.2) is 36.8 Å². The Morgan fingerprint density at radius 1 is 1.31 bits per heavy atom. The second kappa shape index (κ2) is 9.27. The Bertz CT molecular complexity index is 865. The minimum Gasteiger partial charge on any atom is -0.490 e. The Labute approximate surface area is 176 Å². The van der Waals surface area contributed by atoms with Crippen molar-refractivity contribution in [3.63, 3.8) is 0 Å². The van der Waals surface area contributed by atoms with E-state index < -0.39 is 5.60 Å². The summed E-state index contributed by atoms with van der Waals surface area (Å²) < 4.78 is 11.4. The number of hydrogen-bond acceptors (Lipinski definition) is 5. The van der Waals surface area contributed by atoms with Crippen LogP contribution in [0.5, 0.6) is 5.75 Å². The molecule has 6 nitrogen and oxygen atoms in total. The molecule has 2 aromatic heterocycles. The summed E-state index contributed by atoms with van der Waals surface area (Å²) in [5.41, 5.74) is 1.26. The van der Waals surface area contributed by atoms with Crippen LogP contribution in [0.1, 0.15) is 44.7 Å². The van der Waals surface area contributed by atoms with Gasteiger partial charge < -0.3 is 14.4 Å². The molecule has 0 aliphatic carbocycles. The molecule has 1 saturated heterocycles. The van der Waals surface area contributed by atoms with Crippen molar-refractivity contribution in [3.8, 4) is 5.75 Å². The van der Waals surface area contributed by atoms with Gasteiger partial charge in [0, 0.05) is 24.5 Å². The van der Waals surface area contributed by atoms with Crippen molar-refractivity contribution in [1.29, 1.82) is 0 Å². The normalized spacial score (nSPS) is 17.0. The summed E-state index contributed by atoms with van der Waals surface area (Å²) in [7, 11) is 0. The second-order valence-electron chi connectivity index (χ2n) is 7.95. The lowest BCUT2D eigenvalue weighted by molar-refractivity contribution is 0.0187. The van der Waals surface area contributed by atoms with E-state index in [9.17, 15) is 4.79 Å². The van der Waals surface area contributed by atoms with Gasteiger partial charge in [-0.3, -0.25) is 4.98 Å². The lowest BCUT2D eigenvalue weighted by atomic mass is 10.2. The first-order valence-electron chi connectivity index (χ1n) is 9.68. The summed E-state index contributed by atoms with van der Waals surface area (Å²) in [6, 6.07) is 5.64. The van der Waals surface area contributed by atoms with Crippen LogP contribution in [0, 0.1) is 0 Å². The molecule has 1 atom stereocenters. The van der Waals surface area contributed by atoms with Gasteiger partial charge in [-0.05, 0) is 57.4 Å². The number of carbonyl (C=O) groups excluding carboxylic acids is 1. The first kappa shape index (κ1) is 21.1. The zero-order chi connectivity index (χ0) is 20.9. The average Bonchev–Trinajstić information content (AvgIpc) is 3.15. The highest BCUT2D eigenvalue weighted by molar-refractivity contribution is 6.31. The Balaban J connectivity index is 1.63. The van der Waals surface area contributed by atoms with Crippen molar-refractivity contribution >= 4 is 29.8 Å². The highest BCUT2D eigenvalue weighted by Gasteiger charge is 2.32. The summed E-state index contributed by atoms with van der Waals surface area (Å²) in [5, 5.41) is 0.402. The van der Waals surface area contributed by atoms with E-state index in [1.54, 1.807) is 23.5 Å². The van der Waals surface area contributed by atoms with Crippen molar-refractivity contribution in [2.24, 2.45) is 0 Å². The van der Waals surface area contributed by atoms with Crippen LogP contribution in [0.3, 0.4) is 0 Å². The number of pyridine rings is 2. The molecule has 1 aliphatic rings. The molecule has 154 valence electrons. The largest absolute Gasteiger partial charge is 0.490 e. The maximum absolute atomic E-state index is 12.4. The Kier molecular flexibility index (Phi) is 6.75. The summed E-state index contributed by atoms with van der Waals surface area (Å²) in [5.74, 6) is 0.611. The molecule has 0 N–H and O–H groups in total. The highest BCUT2D eigenvalue weighted by Crippen LogP contribution is 2.24. The fraction of sp³-hybridized carbons (Fsp3) is 0.409. The zero-order valence-electron chi connectivity index (χ0n) is 17.0. The molecular formula is C22H26ClN3O3. The monoisotopic (exact) mass is 415 g/mol. The minimum absolute atomic E-state index is 0.0173. The lowest BCUT2D eigenvalue weighted by Crippen LogP contribution is -2.42. The predicted octanol–water partition coefficient (Wildman–Crippen LogP) is 5.08. The number of likely N-dealkylation sites (tertiary alicyclic amines) is 1. The average molecular weight is 416 g/mol. The number of ether oxygens (including phenoxy) is 2. The van der Waals surface area contributed by atoms with Crippen LogP contribution in [0.4, 0.5) is 4.79 Å². The third-order valence-electron chi connectivity index (χ3n) is 4.45. The Morgan fingerprint density at radius 2 is 2.07 bits per heavy atom. The van der Waals surface area contributed by atoms with Gasteiger partial charge in [0.25, 0.3) is 0 Å². The molecule has 1 aliphatic heterocycles. The number of nitrogens with zero attached hydrogens (tertiary/aromatic N) is 3. The van der Waals surface area contributed by atoms with Gasteiger partial charge in [-0.15, -0.1) is 0 Å². The first-order valence-corrected chi connectivity index (χ1v) is 10.1. The molecule has 0 aromatic carbocycles. The number of halogens is 1. The lowest BCUT2D eigenvalue weighted by Gasteiger charge is -2.28. The van der Waals surface area contributed by atoms with E-state index in [4.69, 9.17) is 21.1 Å². The maximum Gasteiger partial charge on any atom is 0.410 e. The molecule has 3 heterocycles. The molecule has 3 rings (SSSR count). The molecule has 2 aromatic rings. The van der Waals surface area contributed by atoms with Crippen LogP contribution in [0.25, 0.3) is 12.2 Å². The van der Waals surface area contributed by atoms with E-state index in [0.29, 0.717) is 24.1 Å². The van der Waals surface area contributed by atoms with Crippen LogP contribution in [-0.4, -0.2) is 45.8 Å². The standard InChI is InChI=1S/C22H26ClN3O3/c1-22(2,3)29-21(27)26-12-4-5-18(26)15-28-19-13-17(20(23)25-14-19)7-6-16-8-10-24-11-9-16/h6-11,13-14,18H,4-5,12,15H2,1-3H3/t18-/m1/s1. The number of rotatable bonds is 5. The van der Waals surface area contributed by atoms with Crippen LogP contribution in [-0.2, 0) is 4.74 Å². The number of aromatic nitrogens is 2. The van der Waals surface area contributed by atoms with E-state index in [1.807, 2.05) is 51.1 Å². The molecule has 0 radical (unpaired) electrons. The van der Waals surface area contributed by atoms with Crippen LogP contribution < -0.4 is 4.74 Å². The van der Waals surface area contributed by atoms with Gasteiger partial charge in [-0.2, -0.15) is 0 Å². The number of carbonyl (C=O) groups is 1. The molecule has 0 bridgehead atoms. The molecule has 29 heavy (non-hydrogen) atoms. The molecule has 1 amide bonds. The summed E-state index contributed by atoms with van der Waals surface area (Å²) >= 11 is 6.22. The Hall–Kier alpha value is -2.60. The summed E-state index contributed by atoms with van der Waals surface area (Å²) in [6.45, 7) is 6.67. The topological polar surface area (TPSA) is 64.5 Å². The van der Waals surface area contributed by atoms with E-state index in [1.165, 1.54) is 0 Å². The van der Waals surface area contributed by atoms with Crippen LogP contribution >= 0.6 is 11.6 Å². The van der Waals surface area contributed by atoms with Crippen molar-refractivity contribution in [1.82, 2.24) is 14.9 Å². The highest BCUT2D eigenvalue weighted by atomic mass is 35.5. The van der Waals surface area contributed by atoms with Crippen molar-refractivity contribution < 1.29 is 14.3 Å². The zero-order valence-corrected chi connectivity index (χ0v) is 17.7. The summed E-state index contributed by atoms with van der Waals surface area (Å²) in [6.07, 6.45) is 10.4. The van der Waals surface area contributed by atoms with Gasteiger partial charge >= 0.3 is 6.09 Å². The fourth-order valence-electron chi connectivity index (χ4n) is 3.06. The van der Waals surface area contributed by atoms with E-state index >= 15 is 0 Å². The van der Waals surface area contributed by atoms with Crippen molar-refractivity contribution in [3.05, 3.63) is 53.1 Å². The second-order valence-corrected chi connectivity index (χ2v) is 8.30. The quantitative estimate of drug-likeness (QED) is 0.637. The third-order valence-corrected chi connectivity index (χ3v) is 4.77. The summed E-state index contributed by atoms with van der Waals surface area (Å²) in [4.78, 5) is 22.4. The molecule has 0 spiro atoms.